The van der Waals surface area contributed by atoms with E-state index in [1.54, 1.807) is 6.92 Å². The smallest absolute Gasteiger partial charge is 0.153 e. The Hall–Kier alpha value is -1.90. The Morgan fingerprint density at radius 1 is 1.29 bits per heavy atom. The van der Waals surface area contributed by atoms with Crippen LogP contribution in [0.1, 0.15) is 19.4 Å². The number of hydrogen-bond donors (Lipinski definition) is 0. The van der Waals surface area contributed by atoms with E-state index in [1.165, 1.54) is 6.92 Å². The van der Waals surface area contributed by atoms with Crippen molar-refractivity contribution in [2.45, 2.75) is 20.5 Å². The highest BCUT2D eigenvalue weighted by Gasteiger charge is 2.01. The van der Waals surface area contributed by atoms with Gasteiger partial charge in [-0.15, -0.1) is 0 Å². The summed E-state index contributed by atoms with van der Waals surface area (Å²) in [5, 5.41) is 0. The summed E-state index contributed by atoms with van der Waals surface area (Å²) in [6, 6.07) is 9.57. The summed E-state index contributed by atoms with van der Waals surface area (Å²) in [6.45, 7) is 3.29. The lowest BCUT2D eigenvalue weighted by atomic mass is 10.2. The second kappa shape index (κ2) is 6.63. The minimum atomic E-state index is -0.422. The SMILES string of the molecule is C/C(OCc1ccccc1)=C(C=O)\C=C(/C)F. The number of aldehydes is 1. The highest BCUT2D eigenvalue weighted by atomic mass is 19.1. The number of benzene rings is 1. The Morgan fingerprint density at radius 2 is 1.94 bits per heavy atom. The molecular formula is C14H15FO2. The summed E-state index contributed by atoms with van der Waals surface area (Å²) in [5.74, 6) is -0.00406. The number of hydrogen-bond acceptors (Lipinski definition) is 2. The molecule has 17 heavy (non-hydrogen) atoms. The molecule has 2 nitrogen and oxygen atoms in total. The second-order valence-corrected chi connectivity index (χ2v) is 3.63. The molecule has 0 N–H and O–H groups in total. The summed E-state index contributed by atoms with van der Waals surface area (Å²) in [5.41, 5.74) is 1.22. The largest absolute Gasteiger partial charge is 0.493 e. The third-order valence-electron chi connectivity index (χ3n) is 2.19. The normalized spacial score (nSPS) is 13.0. The first kappa shape index (κ1) is 13.2. The quantitative estimate of drug-likeness (QED) is 0.337. The van der Waals surface area contributed by atoms with Crippen LogP contribution in [0, 0.1) is 0 Å². The molecule has 0 spiro atoms. The molecule has 0 saturated heterocycles. The van der Waals surface area contributed by atoms with Crippen LogP contribution in [0.25, 0.3) is 0 Å². The summed E-state index contributed by atoms with van der Waals surface area (Å²) >= 11 is 0. The van der Waals surface area contributed by atoms with Crippen molar-refractivity contribution < 1.29 is 13.9 Å². The van der Waals surface area contributed by atoms with Crippen molar-refractivity contribution in [2.24, 2.45) is 0 Å². The summed E-state index contributed by atoms with van der Waals surface area (Å²) < 4.78 is 18.1. The monoisotopic (exact) mass is 234 g/mol. The van der Waals surface area contributed by atoms with Crippen molar-refractivity contribution in [1.82, 2.24) is 0 Å². The van der Waals surface area contributed by atoms with Crippen molar-refractivity contribution in [2.75, 3.05) is 0 Å². The van der Waals surface area contributed by atoms with Crippen LogP contribution in [-0.2, 0) is 16.1 Å². The molecule has 0 atom stereocenters. The van der Waals surface area contributed by atoms with Gasteiger partial charge in [-0.05, 0) is 25.5 Å². The molecule has 0 bridgehead atoms. The highest BCUT2D eigenvalue weighted by molar-refractivity contribution is 5.78. The average Bonchev–Trinajstić information content (AvgIpc) is 2.34. The topological polar surface area (TPSA) is 26.3 Å². The molecular weight excluding hydrogens is 219 g/mol. The van der Waals surface area contributed by atoms with E-state index in [1.807, 2.05) is 30.3 Å². The van der Waals surface area contributed by atoms with Crippen molar-refractivity contribution in [3.63, 3.8) is 0 Å². The molecule has 0 aliphatic heterocycles. The summed E-state index contributed by atoms with van der Waals surface area (Å²) in [4.78, 5) is 10.7. The van der Waals surface area contributed by atoms with Crippen LogP contribution in [0.5, 0.6) is 0 Å². The van der Waals surface area contributed by atoms with E-state index in [-0.39, 0.29) is 5.57 Å². The Bertz CT molecular complexity index is 429. The molecule has 0 aliphatic carbocycles. The van der Waals surface area contributed by atoms with Gasteiger partial charge < -0.3 is 4.74 Å². The van der Waals surface area contributed by atoms with E-state index in [9.17, 15) is 9.18 Å². The van der Waals surface area contributed by atoms with Crippen LogP contribution >= 0.6 is 0 Å². The van der Waals surface area contributed by atoms with E-state index in [2.05, 4.69) is 0 Å². The van der Waals surface area contributed by atoms with Gasteiger partial charge in [0.1, 0.15) is 12.4 Å². The van der Waals surface area contributed by atoms with E-state index < -0.39 is 5.83 Å². The van der Waals surface area contributed by atoms with Crippen LogP contribution < -0.4 is 0 Å². The van der Waals surface area contributed by atoms with Crippen LogP contribution in [0.3, 0.4) is 0 Å². The van der Waals surface area contributed by atoms with Gasteiger partial charge in [-0.1, -0.05) is 30.3 Å². The number of ether oxygens (including phenoxy) is 1. The summed E-state index contributed by atoms with van der Waals surface area (Å²) in [6.07, 6.45) is 1.75. The van der Waals surface area contributed by atoms with Crippen molar-refractivity contribution in [3.8, 4) is 0 Å². The zero-order valence-electron chi connectivity index (χ0n) is 9.94. The molecule has 0 fully saturated rings. The van der Waals surface area contributed by atoms with Gasteiger partial charge in [0.25, 0.3) is 0 Å². The standard InChI is InChI=1S/C14H15FO2/c1-11(15)8-14(9-16)12(2)17-10-13-6-4-3-5-7-13/h3-9H,10H2,1-2H3/b11-8+,14-12-. The molecule has 0 unspecified atom stereocenters. The molecule has 1 rings (SSSR count). The predicted molar refractivity (Wildman–Crippen MR) is 64.9 cm³/mol. The lowest BCUT2D eigenvalue weighted by molar-refractivity contribution is -0.104. The van der Waals surface area contributed by atoms with Gasteiger partial charge in [0.15, 0.2) is 6.29 Å². The first-order valence-electron chi connectivity index (χ1n) is 5.30. The van der Waals surface area contributed by atoms with E-state index in [4.69, 9.17) is 4.74 Å². The zero-order chi connectivity index (χ0) is 12.7. The fraction of sp³-hybridized carbons (Fsp3) is 0.214. The minimum absolute atomic E-state index is 0.223. The van der Waals surface area contributed by atoms with Gasteiger partial charge in [0.05, 0.1) is 11.4 Å². The molecule has 0 aromatic heterocycles. The Morgan fingerprint density at radius 3 is 2.47 bits per heavy atom. The molecule has 1 aromatic rings. The number of allylic oxidation sites excluding steroid dienone is 4. The van der Waals surface area contributed by atoms with Crippen LogP contribution in [-0.4, -0.2) is 6.29 Å². The highest BCUT2D eigenvalue weighted by Crippen LogP contribution is 2.11. The maximum absolute atomic E-state index is 12.7. The second-order valence-electron chi connectivity index (χ2n) is 3.63. The van der Waals surface area contributed by atoms with Gasteiger partial charge in [-0.3, -0.25) is 4.79 Å². The molecule has 3 heteroatoms. The maximum atomic E-state index is 12.7. The molecule has 1 aromatic carbocycles. The van der Waals surface area contributed by atoms with Crippen molar-refractivity contribution in [1.29, 1.82) is 0 Å². The number of halogens is 1. The zero-order valence-corrected chi connectivity index (χ0v) is 9.94. The average molecular weight is 234 g/mol. The van der Waals surface area contributed by atoms with Crippen molar-refractivity contribution in [3.05, 3.63) is 59.1 Å². The number of carbonyl (C=O) groups is 1. The molecule has 0 heterocycles. The lowest BCUT2D eigenvalue weighted by Crippen LogP contribution is -1.95. The predicted octanol–water partition coefficient (Wildman–Crippen LogP) is 3.55. The first-order valence-corrected chi connectivity index (χ1v) is 5.30. The minimum Gasteiger partial charge on any atom is -0.493 e. The van der Waals surface area contributed by atoms with Gasteiger partial charge in [0.2, 0.25) is 0 Å². The molecule has 0 radical (unpaired) electrons. The van der Waals surface area contributed by atoms with E-state index >= 15 is 0 Å². The van der Waals surface area contributed by atoms with Gasteiger partial charge in [-0.25, -0.2) is 4.39 Å². The molecule has 90 valence electrons. The Balaban J connectivity index is 2.70. The van der Waals surface area contributed by atoms with E-state index in [0.717, 1.165) is 11.6 Å². The maximum Gasteiger partial charge on any atom is 0.153 e. The van der Waals surface area contributed by atoms with Crippen LogP contribution in [0.2, 0.25) is 0 Å². The number of rotatable bonds is 5. The molecule has 0 saturated carbocycles. The fourth-order valence-corrected chi connectivity index (χ4v) is 1.28. The fourth-order valence-electron chi connectivity index (χ4n) is 1.28. The Labute approximate surface area is 100 Å². The van der Waals surface area contributed by atoms with Gasteiger partial charge >= 0.3 is 0 Å². The van der Waals surface area contributed by atoms with Gasteiger partial charge in [-0.2, -0.15) is 0 Å². The number of carbonyl (C=O) groups excluding carboxylic acids is 1. The third kappa shape index (κ3) is 4.64. The van der Waals surface area contributed by atoms with Crippen LogP contribution in [0.15, 0.2) is 53.6 Å². The molecule has 0 aliphatic rings. The van der Waals surface area contributed by atoms with Crippen LogP contribution in [0.4, 0.5) is 4.39 Å². The summed E-state index contributed by atoms with van der Waals surface area (Å²) in [7, 11) is 0. The first-order chi connectivity index (χ1) is 8.13. The van der Waals surface area contributed by atoms with E-state index in [0.29, 0.717) is 18.7 Å². The van der Waals surface area contributed by atoms with Gasteiger partial charge in [0, 0.05) is 0 Å². The third-order valence-corrected chi connectivity index (χ3v) is 2.19. The Kier molecular flexibility index (Phi) is 5.14. The van der Waals surface area contributed by atoms with Crippen molar-refractivity contribution >= 4 is 6.29 Å². The lowest BCUT2D eigenvalue weighted by Gasteiger charge is -2.07. The molecule has 0 amide bonds.